The number of halogens is 1. The van der Waals surface area contributed by atoms with Gasteiger partial charge >= 0.3 is 6.09 Å². The maximum Gasteiger partial charge on any atom is 0.412 e. The van der Waals surface area contributed by atoms with Gasteiger partial charge in [0.1, 0.15) is 17.1 Å². The summed E-state index contributed by atoms with van der Waals surface area (Å²) in [5.74, 6) is 1.33. The number of anilines is 2. The molecule has 2 aromatic carbocycles. The van der Waals surface area contributed by atoms with Crippen molar-refractivity contribution in [3.8, 4) is 5.75 Å². The summed E-state index contributed by atoms with van der Waals surface area (Å²) in [7, 11) is 1.52. The maximum atomic E-state index is 11.4. The number of hydrogen-bond acceptors (Lipinski definition) is 4. The first-order chi connectivity index (χ1) is 14.5. The van der Waals surface area contributed by atoms with Gasteiger partial charge in [-0.3, -0.25) is 0 Å². The second kappa shape index (κ2) is 8.62. The van der Waals surface area contributed by atoms with Crippen molar-refractivity contribution in [1.82, 2.24) is 5.32 Å². The maximum absolute atomic E-state index is 11.4. The zero-order chi connectivity index (χ0) is 21.1. The topological polar surface area (TPSA) is 66.0 Å². The zero-order valence-electron chi connectivity index (χ0n) is 16.7. The normalized spacial score (nSPS) is 17.6. The molecular formula is C22H23ClN4O2S. The van der Waals surface area contributed by atoms with E-state index in [1.807, 2.05) is 36.4 Å². The van der Waals surface area contributed by atoms with Gasteiger partial charge in [-0.15, -0.1) is 0 Å². The lowest BCUT2D eigenvalue weighted by Gasteiger charge is -2.42. The fourth-order valence-corrected chi connectivity index (χ4v) is 4.63. The molecule has 8 heteroatoms. The van der Waals surface area contributed by atoms with Crippen molar-refractivity contribution >= 4 is 52.2 Å². The lowest BCUT2D eigenvalue weighted by atomic mass is 9.79. The summed E-state index contributed by atoms with van der Waals surface area (Å²) in [5.41, 5.74) is 1.57. The molecule has 1 amide bonds. The second-order valence-electron chi connectivity index (χ2n) is 7.44. The van der Waals surface area contributed by atoms with Crippen LogP contribution in [0.25, 0.3) is 0 Å². The molecule has 0 radical (unpaired) electrons. The molecule has 1 aliphatic carbocycles. The third-order valence-corrected chi connectivity index (χ3v) is 6.09. The predicted octanol–water partition coefficient (Wildman–Crippen LogP) is 5.38. The molecule has 30 heavy (non-hydrogen) atoms. The minimum atomic E-state index is -0.499. The number of rotatable bonds is 3. The molecule has 1 heterocycles. The minimum absolute atomic E-state index is 0.291. The van der Waals surface area contributed by atoms with Gasteiger partial charge in [0.05, 0.1) is 0 Å². The molecule has 0 unspecified atom stereocenters. The van der Waals surface area contributed by atoms with E-state index in [-0.39, 0.29) is 5.54 Å². The van der Waals surface area contributed by atoms with Crippen LogP contribution in [0, 0.1) is 0 Å². The van der Waals surface area contributed by atoms with E-state index in [1.54, 1.807) is 12.1 Å². The van der Waals surface area contributed by atoms with Gasteiger partial charge in [-0.1, -0.05) is 30.9 Å². The average Bonchev–Trinajstić information content (AvgIpc) is 3.01. The molecule has 4 rings (SSSR count). The van der Waals surface area contributed by atoms with Crippen molar-refractivity contribution in [2.75, 3.05) is 17.3 Å². The Bertz CT molecular complexity index is 970. The van der Waals surface area contributed by atoms with Crippen molar-refractivity contribution in [3.63, 3.8) is 0 Å². The zero-order valence-corrected chi connectivity index (χ0v) is 18.2. The minimum Gasteiger partial charge on any atom is -0.410 e. The van der Waals surface area contributed by atoms with Crippen LogP contribution in [0.2, 0.25) is 5.02 Å². The highest BCUT2D eigenvalue weighted by Gasteiger charge is 2.49. The number of nitrogens with one attached hydrogen (secondary N) is 2. The number of ether oxygens (including phenoxy) is 1. The highest BCUT2D eigenvalue weighted by molar-refractivity contribution is 7.80. The first kappa shape index (κ1) is 20.6. The van der Waals surface area contributed by atoms with Crippen LogP contribution in [-0.2, 0) is 0 Å². The first-order valence-electron chi connectivity index (χ1n) is 9.97. The van der Waals surface area contributed by atoms with Crippen LogP contribution in [-0.4, -0.2) is 29.6 Å². The fraction of sp³-hybridized carbons (Fsp3) is 0.318. The Kier molecular flexibility index (Phi) is 5.92. The summed E-state index contributed by atoms with van der Waals surface area (Å²) >= 11 is 11.8. The van der Waals surface area contributed by atoms with E-state index in [1.165, 1.54) is 13.5 Å². The van der Waals surface area contributed by atoms with Gasteiger partial charge < -0.3 is 20.3 Å². The Balaban J connectivity index is 1.60. The van der Waals surface area contributed by atoms with Crippen LogP contribution in [0.3, 0.4) is 0 Å². The van der Waals surface area contributed by atoms with E-state index < -0.39 is 6.09 Å². The smallest absolute Gasteiger partial charge is 0.410 e. The number of carbonyl (C=O) groups is 1. The van der Waals surface area contributed by atoms with Crippen LogP contribution in [0.4, 0.5) is 16.2 Å². The summed E-state index contributed by atoms with van der Waals surface area (Å²) in [5, 5.41) is 7.16. The number of aliphatic imine (C=N–C) groups is 1. The monoisotopic (exact) mass is 442 g/mol. The van der Waals surface area contributed by atoms with Gasteiger partial charge in [-0.25, -0.2) is 9.79 Å². The van der Waals surface area contributed by atoms with E-state index >= 15 is 0 Å². The number of amides is 1. The van der Waals surface area contributed by atoms with Crippen molar-refractivity contribution in [2.24, 2.45) is 4.99 Å². The van der Waals surface area contributed by atoms with Crippen molar-refractivity contribution < 1.29 is 9.53 Å². The summed E-state index contributed by atoms with van der Waals surface area (Å²) < 4.78 is 5.15. The molecule has 0 aromatic heterocycles. The van der Waals surface area contributed by atoms with Crippen LogP contribution in [0.1, 0.15) is 32.1 Å². The molecule has 156 valence electrons. The molecule has 0 saturated heterocycles. The van der Waals surface area contributed by atoms with Crippen LogP contribution in [0.15, 0.2) is 53.5 Å². The Labute approximate surface area is 186 Å². The number of hydrogen-bond donors (Lipinski definition) is 2. The number of nitrogens with zero attached hydrogens (tertiary/aromatic N) is 2. The molecule has 2 aliphatic rings. The van der Waals surface area contributed by atoms with Crippen molar-refractivity contribution in [1.29, 1.82) is 0 Å². The lowest BCUT2D eigenvalue weighted by molar-refractivity contribution is 0.203. The van der Waals surface area contributed by atoms with Gasteiger partial charge in [-0.05, 0) is 73.6 Å². The van der Waals surface area contributed by atoms with Crippen LogP contribution >= 0.6 is 23.8 Å². The summed E-state index contributed by atoms with van der Waals surface area (Å²) in [6.45, 7) is 0. The standard InChI is InChI=1S/C22H23ClN4O2S/c1-24-21(28)29-18-11-7-16(8-12-18)25-19-22(13-3-2-4-14-22)27(20(30)26-19)17-9-5-15(23)6-10-17/h5-12H,2-4,13-14H2,1H3,(H,24,28)(H,25,26,30). The summed E-state index contributed by atoms with van der Waals surface area (Å²) in [4.78, 5) is 18.3. The van der Waals surface area contributed by atoms with Gasteiger partial charge in [-0.2, -0.15) is 0 Å². The van der Waals surface area contributed by atoms with Crippen molar-refractivity contribution in [3.05, 3.63) is 53.6 Å². The molecule has 0 atom stereocenters. The van der Waals surface area contributed by atoms with Crippen LogP contribution < -0.4 is 20.3 Å². The van der Waals surface area contributed by atoms with E-state index in [4.69, 9.17) is 33.5 Å². The predicted molar refractivity (Wildman–Crippen MR) is 125 cm³/mol. The summed E-state index contributed by atoms with van der Waals surface area (Å²) in [6, 6.07) is 15.0. The Morgan fingerprint density at radius 1 is 1.10 bits per heavy atom. The van der Waals surface area contributed by atoms with Gasteiger partial charge in [0, 0.05) is 23.4 Å². The molecule has 2 aromatic rings. The Morgan fingerprint density at radius 3 is 2.40 bits per heavy atom. The van der Waals surface area contributed by atoms with E-state index in [0.717, 1.165) is 42.9 Å². The number of amidine groups is 1. The van der Waals surface area contributed by atoms with Gasteiger partial charge in [0.2, 0.25) is 5.11 Å². The molecule has 2 N–H and O–H groups in total. The fourth-order valence-electron chi connectivity index (χ4n) is 4.13. The van der Waals surface area contributed by atoms with Gasteiger partial charge in [0.25, 0.3) is 0 Å². The van der Waals surface area contributed by atoms with Gasteiger partial charge in [0.15, 0.2) is 0 Å². The third kappa shape index (κ3) is 4.00. The Hall–Kier alpha value is -2.64. The largest absolute Gasteiger partial charge is 0.412 e. The lowest BCUT2D eigenvalue weighted by Crippen LogP contribution is -2.55. The van der Waals surface area contributed by atoms with Crippen molar-refractivity contribution in [2.45, 2.75) is 37.6 Å². The van der Waals surface area contributed by atoms with E-state index in [0.29, 0.717) is 15.9 Å². The molecule has 1 saturated carbocycles. The molecular weight excluding hydrogens is 420 g/mol. The first-order valence-corrected chi connectivity index (χ1v) is 10.8. The Morgan fingerprint density at radius 2 is 1.77 bits per heavy atom. The quantitative estimate of drug-likeness (QED) is 0.625. The number of thiocarbonyl (C=S) groups is 1. The highest BCUT2D eigenvalue weighted by Crippen LogP contribution is 2.42. The average molecular weight is 443 g/mol. The second-order valence-corrected chi connectivity index (χ2v) is 8.24. The molecule has 6 nitrogen and oxygen atoms in total. The number of benzene rings is 2. The van der Waals surface area contributed by atoms with Crippen LogP contribution in [0.5, 0.6) is 5.75 Å². The molecule has 1 aliphatic heterocycles. The van der Waals surface area contributed by atoms with E-state index in [9.17, 15) is 4.79 Å². The number of carbonyl (C=O) groups excluding carboxylic acids is 1. The third-order valence-electron chi connectivity index (χ3n) is 5.56. The molecule has 1 spiro atoms. The van der Waals surface area contributed by atoms with E-state index in [2.05, 4.69) is 15.5 Å². The summed E-state index contributed by atoms with van der Waals surface area (Å²) in [6.07, 6.45) is 4.89. The molecule has 1 fully saturated rings. The SMILES string of the molecule is CNC(=O)Oc1ccc(NC2=NC(=S)N(c3ccc(Cl)cc3)C23CCCCC3)cc1. The highest BCUT2D eigenvalue weighted by atomic mass is 35.5. The molecule has 0 bridgehead atoms.